The van der Waals surface area contributed by atoms with Crippen molar-refractivity contribution in [3.8, 4) is 5.75 Å². The van der Waals surface area contributed by atoms with Gasteiger partial charge in [0.2, 0.25) is 0 Å². The molecule has 6 heteroatoms. The summed E-state index contributed by atoms with van der Waals surface area (Å²) in [5.74, 6) is 1.40. The molecule has 0 unspecified atom stereocenters. The number of aryl methyl sites for hydroxylation is 1. The van der Waals surface area contributed by atoms with E-state index in [1.54, 1.807) is 13.3 Å². The molecule has 29 heavy (non-hydrogen) atoms. The number of para-hydroxylation sites is 1. The molecule has 0 bridgehead atoms. The van der Waals surface area contributed by atoms with Gasteiger partial charge in [0.25, 0.3) is 0 Å². The molecule has 5 nitrogen and oxygen atoms in total. The average molecular weight is 409 g/mol. The molecule has 0 aliphatic carbocycles. The third-order valence-electron chi connectivity index (χ3n) is 4.80. The molecule has 1 heterocycles. The van der Waals surface area contributed by atoms with Gasteiger partial charge in [0, 0.05) is 29.7 Å². The molecule has 2 N–H and O–H groups in total. The van der Waals surface area contributed by atoms with Crippen LogP contribution in [0.1, 0.15) is 36.5 Å². The van der Waals surface area contributed by atoms with Crippen molar-refractivity contribution < 1.29 is 4.74 Å². The number of hydrogen-bond acceptors (Lipinski definition) is 3. The number of fused-ring (bicyclic) bond motifs is 1. The summed E-state index contributed by atoms with van der Waals surface area (Å²) in [5, 5.41) is 8.69. The Labute approximate surface area is 177 Å². The number of thiocarbonyl (C=S) groups is 1. The number of aromatic nitrogens is 1. The normalized spacial score (nSPS) is 11.3. The highest BCUT2D eigenvalue weighted by Crippen LogP contribution is 2.27. The van der Waals surface area contributed by atoms with E-state index < -0.39 is 0 Å². The Kier molecular flexibility index (Phi) is 6.88. The Morgan fingerprint density at radius 3 is 2.79 bits per heavy atom. The molecule has 0 amide bonds. The Balaban J connectivity index is 1.76. The van der Waals surface area contributed by atoms with Gasteiger partial charge in [-0.3, -0.25) is 5.43 Å². The minimum Gasteiger partial charge on any atom is -0.491 e. The van der Waals surface area contributed by atoms with Crippen molar-refractivity contribution in [3.63, 3.8) is 0 Å². The Bertz CT molecular complexity index is 1020. The first-order valence-electron chi connectivity index (χ1n) is 9.81. The van der Waals surface area contributed by atoms with Crippen LogP contribution in [0.25, 0.3) is 10.9 Å². The Morgan fingerprint density at radius 1 is 1.24 bits per heavy atom. The van der Waals surface area contributed by atoms with E-state index in [0.717, 1.165) is 28.8 Å². The van der Waals surface area contributed by atoms with Gasteiger partial charge in [-0.25, -0.2) is 0 Å². The third-order valence-corrected chi connectivity index (χ3v) is 5.09. The van der Waals surface area contributed by atoms with Crippen molar-refractivity contribution in [1.29, 1.82) is 0 Å². The number of hydrogen-bond donors (Lipinski definition) is 2. The van der Waals surface area contributed by atoms with Crippen molar-refractivity contribution in [2.75, 3.05) is 13.7 Å². The number of benzene rings is 2. The number of nitrogens with one attached hydrogen (secondary N) is 2. The molecular formula is C23H28N4OS. The highest BCUT2D eigenvalue weighted by atomic mass is 32.1. The van der Waals surface area contributed by atoms with Gasteiger partial charge in [0.1, 0.15) is 12.4 Å². The van der Waals surface area contributed by atoms with Crippen molar-refractivity contribution in [3.05, 3.63) is 65.4 Å². The van der Waals surface area contributed by atoms with Gasteiger partial charge in [-0.15, -0.1) is 0 Å². The van der Waals surface area contributed by atoms with Gasteiger partial charge >= 0.3 is 0 Å². The summed E-state index contributed by atoms with van der Waals surface area (Å²) >= 11 is 5.06. The van der Waals surface area contributed by atoms with E-state index >= 15 is 0 Å². The largest absolute Gasteiger partial charge is 0.491 e. The predicted molar refractivity (Wildman–Crippen MR) is 125 cm³/mol. The zero-order valence-corrected chi connectivity index (χ0v) is 18.2. The summed E-state index contributed by atoms with van der Waals surface area (Å²) in [4.78, 5) is 0. The molecule has 0 saturated heterocycles. The minimum atomic E-state index is 0.428. The van der Waals surface area contributed by atoms with Crippen LogP contribution in [0, 0.1) is 6.92 Å². The quantitative estimate of drug-likeness (QED) is 0.341. The van der Waals surface area contributed by atoms with Gasteiger partial charge in [0.15, 0.2) is 5.11 Å². The topological polar surface area (TPSA) is 50.6 Å². The lowest BCUT2D eigenvalue weighted by Gasteiger charge is -2.15. The van der Waals surface area contributed by atoms with Crippen LogP contribution < -0.4 is 15.5 Å². The maximum atomic E-state index is 6.18. The van der Waals surface area contributed by atoms with E-state index in [2.05, 4.69) is 77.7 Å². The predicted octanol–water partition coefficient (Wildman–Crippen LogP) is 4.58. The van der Waals surface area contributed by atoms with Crippen LogP contribution in [-0.4, -0.2) is 29.5 Å². The molecule has 152 valence electrons. The van der Waals surface area contributed by atoms with Gasteiger partial charge in [-0.2, -0.15) is 5.10 Å². The van der Waals surface area contributed by atoms with Crippen molar-refractivity contribution in [2.45, 2.75) is 33.2 Å². The Hall–Kier alpha value is -2.86. The maximum Gasteiger partial charge on any atom is 0.186 e. The van der Waals surface area contributed by atoms with Crippen LogP contribution in [-0.2, 0) is 6.54 Å². The van der Waals surface area contributed by atoms with Crippen LogP contribution in [0.15, 0.2) is 53.8 Å². The van der Waals surface area contributed by atoms with Crippen LogP contribution in [0.3, 0.4) is 0 Å². The third kappa shape index (κ3) is 5.15. The molecule has 0 fully saturated rings. The summed E-state index contributed by atoms with van der Waals surface area (Å²) in [6.07, 6.45) is 3.89. The lowest BCUT2D eigenvalue weighted by atomic mass is 10.0. The van der Waals surface area contributed by atoms with Crippen LogP contribution in [0.5, 0.6) is 5.75 Å². The number of nitrogens with zero attached hydrogens (tertiary/aromatic N) is 2. The van der Waals surface area contributed by atoms with Crippen LogP contribution >= 0.6 is 12.2 Å². The van der Waals surface area contributed by atoms with Gasteiger partial charge in [-0.1, -0.05) is 44.2 Å². The molecule has 0 saturated carbocycles. The van der Waals surface area contributed by atoms with E-state index in [4.69, 9.17) is 17.0 Å². The summed E-state index contributed by atoms with van der Waals surface area (Å²) in [5.41, 5.74) is 7.44. The molecule has 0 spiro atoms. The molecular weight excluding hydrogens is 380 g/mol. The number of ether oxygens (including phenoxy) is 1. The SMILES string of the molecule is CNC(=S)N/N=C/c1cn(CCOc2cc(C)ccc2C(C)C)c2ccccc12. The molecule has 3 rings (SSSR count). The first-order valence-corrected chi connectivity index (χ1v) is 10.2. The monoisotopic (exact) mass is 408 g/mol. The summed E-state index contributed by atoms with van der Waals surface area (Å²) in [6.45, 7) is 7.82. The van der Waals surface area contributed by atoms with Gasteiger partial charge in [-0.05, 0) is 48.3 Å². The standard InChI is InChI=1S/C23H28N4OS/c1-16(2)19-10-9-17(3)13-22(19)28-12-11-27-15-18(14-25-26-23(29)24-4)20-7-5-6-8-21(20)27/h5-10,13-16H,11-12H2,1-4H3,(H2,24,26,29)/b25-14+. The highest BCUT2D eigenvalue weighted by molar-refractivity contribution is 7.80. The van der Waals surface area contributed by atoms with Crippen LogP contribution in [0.2, 0.25) is 0 Å². The van der Waals surface area contributed by atoms with E-state index in [-0.39, 0.29) is 0 Å². The molecule has 0 aliphatic rings. The summed E-state index contributed by atoms with van der Waals surface area (Å²) in [6, 6.07) is 14.7. The fraction of sp³-hybridized carbons (Fsp3) is 0.304. The van der Waals surface area contributed by atoms with Crippen molar-refractivity contribution in [1.82, 2.24) is 15.3 Å². The lowest BCUT2D eigenvalue weighted by molar-refractivity contribution is 0.296. The average Bonchev–Trinajstić information content (AvgIpc) is 3.05. The summed E-state index contributed by atoms with van der Waals surface area (Å²) in [7, 11) is 1.76. The molecule has 2 aromatic carbocycles. The highest BCUT2D eigenvalue weighted by Gasteiger charge is 2.10. The second-order valence-corrected chi connectivity index (χ2v) is 7.70. The zero-order chi connectivity index (χ0) is 20.8. The van der Waals surface area contributed by atoms with E-state index in [9.17, 15) is 0 Å². The number of hydrazone groups is 1. The molecule has 0 atom stereocenters. The van der Waals surface area contributed by atoms with Gasteiger partial charge in [0.05, 0.1) is 12.8 Å². The zero-order valence-electron chi connectivity index (χ0n) is 17.4. The van der Waals surface area contributed by atoms with Crippen LogP contribution in [0.4, 0.5) is 0 Å². The maximum absolute atomic E-state index is 6.18. The van der Waals surface area contributed by atoms with Gasteiger partial charge < -0.3 is 14.6 Å². The molecule has 1 aromatic heterocycles. The lowest BCUT2D eigenvalue weighted by Crippen LogP contribution is -2.28. The fourth-order valence-corrected chi connectivity index (χ4v) is 3.33. The molecule has 0 aliphatic heterocycles. The molecule has 0 radical (unpaired) electrons. The minimum absolute atomic E-state index is 0.428. The van der Waals surface area contributed by atoms with E-state index in [1.165, 1.54) is 11.1 Å². The number of rotatable bonds is 7. The van der Waals surface area contributed by atoms with Crippen molar-refractivity contribution in [2.24, 2.45) is 5.10 Å². The first-order chi connectivity index (χ1) is 14.0. The first kappa shape index (κ1) is 20.9. The second kappa shape index (κ2) is 9.56. The Morgan fingerprint density at radius 2 is 2.03 bits per heavy atom. The van der Waals surface area contributed by atoms with E-state index in [0.29, 0.717) is 17.6 Å². The second-order valence-electron chi connectivity index (χ2n) is 7.29. The summed E-state index contributed by atoms with van der Waals surface area (Å²) < 4.78 is 8.38. The van der Waals surface area contributed by atoms with E-state index in [1.807, 2.05) is 12.1 Å². The smallest absolute Gasteiger partial charge is 0.186 e. The molecule has 3 aromatic rings. The van der Waals surface area contributed by atoms with Crippen molar-refractivity contribution >= 4 is 34.4 Å². The fourth-order valence-electron chi connectivity index (χ4n) is 3.28.